The van der Waals surface area contributed by atoms with Crippen molar-refractivity contribution in [2.24, 2.45) is 5.92 Å². The molecule has 1 fully saturated rings. The molecule has 27 heavy (non-hydrogen) atoms. The fraction of sp³-hybridized carbons (Fsp3) is 0.286. The zero-order chi connectivity index (χ0) is 19.0. The smallest absolute Gasteiger partial charge is 0.349 e. The number of nitriles is 1. The van der Waals surface area contributed by atoms with Gasteiger partial charge < -0.3 is 14.3 Å². The molecule has 1 aliphatic heterocycles. The number of aromatic amines is 1. The van der Waals surface area contributed by atoms with Crippen molar-refractivity contribution in [3.05, 3.63) is 69.4 Å². The molecule has 6 heteroatoms. The van der Waals surface area contributed by atoms with Gasteiger partial charge in [-0.15, -0.1) is 0 Å². The fourth-order valence-corrected chi connectivity index (χ4v) is 3.53. The summed E-state index contributed by atoms with van der Waals surface area (Å²) in [4.78, 5) is 29.6. The summed E-state index contributed by atoms with van der Waals surface area (Å²) < 4.78 is 5.41. The molecule has 6 nitrogen and oxygen atoms in total. The number of hydrogen-bond donors (Lipinski definition) is 1. The van der Waals surface area contributed by atoms with Gasteiger partial charge in [0.05, 0.1) is 12.0 Å². The predicted molar refractivity (Wildman–Crippen MR) is 100 cm³/mol. The van der Waals surface area contributed by atoms with Crippen LogP contribution in [0.1, 0.15) is 27.2 Å². The molecule has 3 heterocycles. The van der Waals surface area contributed by atoms with Gasteiger partial charge in [0.15, 0.2) is 0 Å². The Hall–Kier alpha value is -3.33. The van der Waals surface area contributed by atoms with Crippen molar-refractivity contribution < 1.29 is 9.21 Å². The van der Waals surface area contributed by atoms with Crippen molar-refractivity contribution in [1.82, 2.24) is 9.88 Å². The van der Waals surface area contributed by atoms with Crippen molar-refractivity contribution in [3.63, 3.8) is 0 Å². The van der Waals surface area contributed by atoms with E-state index in [4.69, 9.17) is 9.68 Å². The van der Waals surface area contributed by atoms with E-state index in [0.29, 0.717) is 30.8 Å². The lowest BCUT2D eigenvalue weighted by Crippen LogP contribution is -2.50. The van der Waals surface area contributed by atoms with Crippen LogP contribution in [0.5, 0.6) is 0 Å². The SMILES string of the molecule is Cc1cc(CCc2c[nH]c3ccccc23)oc(=O)c1C(=O)N1CC(C#N)C1. The van der Waals surface area contributed by atoms with Crippen LogP contribution >= 0.6 is 0 Å². The van der Waals surface area contributed by atoms with Crippen molar-refractivity contribution in [2.75, 3.05) is 13.1 Å². The number of benzene rings is 1. The monoisotopic (exact) mass is 361 g/mol. The summed E-state index contributed by atoms with van der Waals surface area (Å²) in [5, 5.41) is 10.00. The first kappa shape index (κ1) is 17.1. The highest BCUT2D eigenvalue weighted by Gasteiger charge is 2.33. The minimum Gasteiger partial charge on any atom is -0.427 e. The predicted octanol–water partition coefficient (Wildman–Crippen LogP) is 2.81. The number of rotatable bonds is 4. The number of amides is 1. The maximum absolute atomic E-state index is 12.5. The Labute approximate surface area is 156 Å². The molecule has 136 valence electrons. The number of aromatic nitrogens is 1. The van der Waals surface area contributed by atoms with E-state index in [1.54, 1.807) is 13.0 Å². The third-order valence-electron chi connectivity index (χ3n) is 5.08. The van der Waals surface area contributed by atoms with Crippen molar-refractivity contribution >= 4 is 16.8 Å². The molecule has 1 aliphatic rings. The molecule has 2 aromatic heterocycles. The van der Waals surface area contributed by atoms with E-state index >= 15 is 0 Å². The lowest BCUT2D eigenvalue weighted by molar-refractivity contribution is 0.0571. The first-order valence-corrected chi connectivity index (χ1v) is 8.94. The average molecular weight is 361 g/mol. The van der Waals surface area contributed by atoms with Gasteiger partial charge in [-0.3, -0.25) is 4.79 Å². The second-order valence-electron chi connectivity index (χ2n) is 6.95. The highest BCUT2D eigenvalue weighted by atomic mass is 16.4. The quantitative estimate of drug-likeness (QED) is 0.774. The van der Waals surface area contributed by atoms with Gasteiger partial charge in [0.1, 0.15) is 11.3 Å². The molecule has 0 unspecified atom stereocenters. The highest BCUT2D eigenvalue weighted by molar-refractivity contribution is 5.95. The summed E-state index contributed by atoms with van der Waals surface area (Å²) in [6.07, 6.45) is 3.28. The average Bonchev–Trinajstić information content (AvgIpc) is 3.02. The van der Waals surface area contributed by atoms with E-state index in [-0.39, 0.29) is 17.4 Å². The molecule has 4 rings (SSSR count). The summed E-state index contributed by atoms with van der Waals surface area (Å²) in [5.74, 6) is 0.0746. The maximum Gasteiger partial charge on any atom is 0.349 e. The van der Waals surface area contributed by atoms with E-state index in [1.165, 1.54) is 4.90 Å². The van der Waals surface area contributed by atoms with Gasteiger partial charge in [0.2, 0.25) is 0 Å². The Morgan fingerprint density at radius 1 is 1.33 bits per heavy atom. The normalized spacial score (nSPS) is 14.1. The number of likely N-dealkylation sites (tertiary alicyclic amines) is 1. The van der Waals surface area contributed by atoms with Crippen molar-refractivity contribution in [3.8, 4) is 6.07 Å². The van der Waals surface area contributed by atoms with Gasteiger partial charge in [-0.1, -0.05) is 18.2 Å². The van der Waals surface area contributed by atoms with E-state index in [2.05, 4.69) is 17.1 Å². The number of fused-ring (bicyclic) bond motifs is 1. The number of carbonyl (C=O) groups is 1. The molecule has 0 aliphatic carbocycles. The molecular weight excluding hydrogens is 342 g/mol. The second-order valence-corrected chi connectivity index (χ2v) is 6.95. The Morgan fingerprint density at radius 2 is 2.11 bits per heavy atom. The van der Waals surface area contributed by atoms with Crippen LogP contribution in [0.15, 0.2) is 45.7 Å². The minimum atomic E-state index is -0.602. The Bertz CT molecular complexity index is 1110. The Kier molecular flexibility index (Phi) is 4.28. The third-order valence-corrected chi connectivity index (χ3v) is 5.08. The van der Waals surface area contributed by atoms with Crippen LogP contribution in [0.4, 0.5) is 0 Å². The lowest BCUT2D eigenvalue weighted by Gasteiger charge is -2.35. The molecular formula is C21H19N3O3. The van der Waals surface area contributed by atoms with Crippen LogP contribution < -0.4 is 5.63 Å². The van der Waals surface area contributed by atoms with Gasteiger partial charge in [0, 0.05) is 36.6 Å². The van der Waals surface area contributed by atoms with Crippen LogP contribution in [-0.4, -0.2) is 28.9 Å². The number of hydrogen-bond acceptors (Lipinski definition) is 4. The van der Waals surface area contributed by atoms with Crippen molar-refractivity contribution in [2.45, 2.75) is 19.8 Å². The Balaban J connectivity index is 1.51. The highest BCUT2D eigenvalue weighted by Crippen LogP contribution is 2.21. The van der Waals surface area contributed by atoms with E-state index in [0.717, 1.165) is 22.9 Å². The number of nitrogens with one attached hydrogen (secondary N) is 1. The summed E-state index contributed by atoms with van der Waals surface area (Å²) in [6.45, 7) is 2.49. The summed E-state index contributed by atoms with van der Waals surface area (Å²) >= 11 is 0. The molecule has 0 atom stereocenters. The topological polar surface area (TPSA) is 90.1 Å². The fourth-order valence-electron chi connectivity index (χ4n) is 3.53. The van der Waals surface area contributed by atoms with Gasteiger partial charge in [0.25, 0.3) is 5.91 Å². The molecule has 1 amide bonds. The van der Waals surface area contributed by atoms with E-state index in [9.17, 15) is 9.59 Å². The number of H-pyrrole nitrogens is 1. The molecule has 0 spiro atoms. The standard InChI is InChI=1S/C21H19N3O3/c1-13-8-16(7-6-15-10-23-18-5-3-2-4-17(15)18)27-21(26)19(13)20(25)24-11-14(9-22)12-24/h2-5,8,10,14,23H,6-7,11-12H2,1H3. The van der Waals surface area contributed by atoms with Gasteiger partial charge in [-0.2, -0.15) is 5.26 Å². The molecule has 0 radical (unpaired) electrons. The molecule has 1 N–H and O–H groups in total. The Morgan fingerprint density at radius 3 is 2.85 bits per heavy atom. The number of nitrogens with zero attached hydrogens (tertiary/aromatic N) is 2. The van der Waals surface area contributed by atoms with Crippen LogP contribution in [0, 0.1) is 24.2 Å². The molecule has 1 saturated heterocycles. The van der Waals surface area contributed by atoms with Crippen molar-refractivity contribution in [1.29, 1.82) is 5.26 Å². The van der Waals surface area contributed by atoms with Crippen LogP contribution in [0.2, 0.25) is 0 Å². The van der Waals surface area contributed by atoms with Crippen LogP contribution in [0.25, 0.3) is 10.9 Å². The van der Waals surface area contributed by atoms with Crippen LogP contribution in [0.3, 0.4) is 0 Å². The largest absolute Gasteiger partial charge is 0.427 e. The lowest BCUT2D eigenvalue weighted by atomic mass is 9.99. The van der Waals surface area contributed by atoms with Gasteiger partial charge in [-0.25, -0.2) is 4.79 Å². The summed E-state index contributed by atoms with van der Waals surface area (Å²) in [5.41, 5.74) is 2.33. The van der Waals surface area contributed by atoms with E-state index in [1.807, 2.05) is 24.4 Å². The molecule has 3 aromatic rings. The zero-order valence-corrected chi connectivity index (χ0v) is 15.0. The minimum absolute atomic E-state index is 0.0715. The number of para-hydroxylation sites is 1. The number of carbonyl (C=O) groups excluding carboxylic acids is 1. The summed E-state index contributed by atoms with van der Waals surface area (Å²) in [7, 11) is 0. The molecule has 0 bridgehead atoms. The summed E-state index contributed by atoms with van der Waals surface area (Å²) in [6, 6.07) is 12.0. The third kappa shape index (κ3) is 3.13. The van der Waals surface area contributed by atoms with Crippen LogP contribution in [-0.2, 0) is 12.8 Å². The number of aryl methyl sites for hydroxylation is 3. The first-order chi connectivity index (χ1) is 13.1. The molecule has 1 aromatic carbocycles. The first-order valence-electron chi connectivity index (χ1n) is 8.94. The molecule has 0 saturated carbocycles. The van der Waals surface area contributed by atoms with Gasteiger partial charge >= 0.3 is 5.63 Å². The second kappa shape index (κ2) is 6.76. The van der Waals surface area contributed by atoms with Gasteiger partial charge in [-0.05, 0) is 36.6 Å². The van der Waals surface area contributed by atoms with E-state index < -0.39 is 5.63 Å². The maximum atomic E-state index is 12.5. The zero-order valence-electron chi connectivity index (χ0n) is 15.0.